The molecule has 1 heterocycles. The van der Waals surface area contributed by atoms with Gasteiger partial charge in [-0.1, -0.05) is 20.8 Å². The van der Waals surface area contributed by atoms with Gasteiger partial charge in [0.25, 0.3) is 0 Å². The Morgan fingerprint density at radius 1 is 1.44 bits per heavy atom. The number of rotatable bonds is 3. The number of aryl methyl sites for hydroxylation is 2. The van der Waals surface area contributed by atoms with Crippen LogP contribution in [0.25, 0.3) is 0 Å². The zero-order valence-corrected chi connectivity index (χ0v) is 12.4. The van der Waals surface area contributed by atoms with Crippen molar-refractivity contribution in [2.75, 3.05) is 0 Å². The van der Waals surface area contributed by atoms with Crippen molar-refractivity contribution in [2.24, 2.45) is 18.2 Å². The van der Waals surface area contributed by atoms with Gasteiger partial charge in [-0.15, -0.1) is 0 Å². The van der Waals surface area contributed by atoms with Gasteiger partial charge in [0.1, 0.15) is 0 Å². The summed E-state index contributed by atoms with van der Waals surface area (Å²) in [6.07, 6.45) is 1.89. The van der Waals surface area contributed by atoms with E-state index in [1.165, 1.54) is 5.69 Å². The lowest BCUT2D eigenvalue weighted by Gasteiger charge is -2.23. The van der Waals surface area contributed by atoms with Crippen molar-refractivity contribution in [2.45, 2.75) is 46.6 Å². The molecule has 0 spiro atoms. The minimum atomic E-state index is 0.186. The van der Waals surface area contributed by atoms with Crippen molar-refractivity contribution in [1.29, 1.82) is 0 Å². The molecule has 16 heavy (non-hydrogen) atoms. The number of halogens is 1. The van der Waals surface area contributed by atoms with Gasteiger partial charge in [-0.2, -0.15) is 5.10 Å². The Morgan fingerprint density at radius 2 is 2.00 bits per heavy atom. The molecule has 92 valence electrons. The van der Waals surface area contributed by atoms with E-state index < -0.39 is 0 Å². The maximum Gasteiger partial charge on any atom is 0.0738 e. The highest BCUT2D eigenvalue weighted by atomic mass is 79.9. The van der Waals surface area contributed by atoms with Crippen LogP contribution in [-0.4, -0.2) is 15.8 Å². The molecule has 0 fully saturated rings. The molecule has 1 rings (SSSR count). The Kier molecular flexibility index (Phi) is 4.18. The van der Waals surface area contributed by atoms with Gasteiger partial charge in [-0.25, -0.2) is 0 Å². The molecular formula is C12H22BrN3. The normalized spacial score (nSPS) is 14.2. The number of nitrogens with two attached hydrogens (primary N) is 1. The van der Waals surface area contributed by atoms with Crippen LogP contribution in [0.1, 0.15) is 38.6 Å². The highest BCUT2D eigenvalue weighted by molar-refractivity contribution is 9.10. The zero-order valence-electron chi connectivity index (χ0n) is 10.8. The second-order valence-corrected chi connectivity index (χ2v) is 6.49. The van der Waals surface area contributed by atoms with Crippen LogP contribution in [0.3, 0.4) is 0 Å². The van der Waals surface area contributed by atoms with Crippen molar-refractivity contribution in [3.05, 3.63) is 15.9 Å². The molecule has 4 heteroatoms. The topological polar surface area (TPSA) is 43.8 Å². The molecule has 0 aliphatic carbocycles. The summed E-state index contributed by atoms with van der Waals surface area (Å²) in [7, 11) is 1.97. The first-order chi connectivity index (χ1) is 7.20. The molecule has 1 aromatic heterocycles. The summed E-state index contributed by atoms with van der Waals surface area (Å²) in [6, 6.07) is 0.186. The lowest BCUT2D eigenvalue weighted by atomic mass is 9.87. The molecule has 0 aromatic carbocycles. The average Bonchev–Trinajstić information content (AvgIpc) is 2.29. The number of nitrogens with zero attached hydrogens (tertiary/aromatic N) is 2. The summed E-state index contributed by atoms with van der Waals surface area (Å²) in [4.78, 5) is 0. The third kappa shape index (κ3) is 3.59. The molecule has 0 bridgehead atoms. The lowest BCUT2D eigenvalue weighted by molar-refractivity contribution is 0.336. The first-order valence-corrected chi connectivity index (χ1v) is 6.43. The average molecular weight is 288 g/mol. The summed E-state index contributed by atoms with van der Waals surface area (Å²) in [5.41, 5.74) is 8.67. The third-order valence-corrected chi connectivity index (χ3v) is 3.62. The van der Waals surface area contributed by atoms with Gasteiger partial charge in [0.2, 0.25) is 0 Å². The van der Waals surface area contributed by atoms with E-state index >= 15 is 0 Å². The SMILES string of the molecule is Cc1nn(C)c(CC(N)CC(C)(C)C)c1Br. The van der Waals surface area contributed by atoms with Crippen LogP contribution in [0.5, 0.6) is 0 Å². The van der Waals surface area contributed by atoms with Gasteiger partial charge in [0, 0.05) is 19.5 Å². The third-order valence-electron chi connectivity index (χ3n) is 2.59. The van der Waals surface area contributed by atoms with Crippen LogP contribution < -0.4 is 5.73 Å². The number of hydrogen-bond donors (Lipinski definition) is 1. The highest BCUT2D eigenvalue weighted by Gasteiger charge is 2.19. The summed E-state index contributed by atoms with van der Waals surface area (Å²) < 4.78 is 3.02. The molecule has 0 amide bonds. The van der Waals surface area contributed by atoms with E-state index in [1.54, 1.807) is 0 Å². The van der Waals surface area contributed by atoms with E-state index in [9.17, 15) is 0 Å². The Hall–Kier alpha value is -0.350. The Morgan fingerprint density at radius 3 is 2.38 bits per heavy atom. The summed E-state index contributed by atoms with van der Waals surface area (Å²) in [6.45, 7) is 8.66. The molecule has 0 saturated heterocycles. The first kappa shape index (κ1) is 13.7. The largest absolute Gasteiger partial charge is 0.327 e. The van der Waals surface area contributed by atoms with Gasteiger partial charge in [0.05, 0.1) is 15.9 Å². The monoisotopic (exact) mass is 287 g/mol. The molecule has 0 saturated carbocycles. The predicted molar refractivity (Wildman–Crippen MR) is 71.4 cm³/mol. The second-order valence-electron chi connectivity index (χ2n) is 5.70. The van der Waals surface area contributed by atoms with Crippen LogP contribution in [0.2, 0.25) is 0 Å². The summed E-state index contributed by atoms with van der Waals surface area (Å²) >= 11 is 3.57. The molecule has 1 unspecified atom stereocenters. The van der Waals surface area contributed by atoms with Gasteiger partial charge in [0.15, 0.2) is 0 Å². The van der Waals surface area contributed by atoms with Crippen LogP contribution in [0.4, 0.5) is 0 Å². The van der Waals surface area contributed by atoms with E-state index in [2.05, 4.69) is 41.8 Å². The molecule has 1 atom stereocenters. The van der Waals surface area contributed by atoms with E-state index in [0.29, 0.717) is 0 Å². The van der Waals surface area contributed by atoms with E-state index in [1.807, 2.05) is 18.7 Å². The van der Waals surface area contributed by atoms with Crippen LogP contribution in [-0.2, 0) is 13.5 Å². The van der Waals surface area contributed by atoms with Gasteiger partial charge < -0.3 is 5.73 Å². The molecule has 0 radical (unpaired) electrons. The molecule has 0 aliphatic rings. The highest BCUT2D eigenvalue weighted by Crippen LogP contribution is 2.25. The quantitative estimate of drug-likeness (QED) is 0.929. The standard InChI is InChI=1S/C12H22BrN3/c1-8-11(13)10(16(5)15-8)6-9(14)7-12(2,3)4/h9H,6-7,14H2,1-5H3. The summed E-state index contributed by atoms with van der Waals surface area (Å²) in [5, 5.41) is 4.37. The zero-order chi connectivity index (χ0) is 12.5. The molecule has 3 nitrogen and oxygen atoms in total. The Balaban J connectivity index is 2.73. The van der Waals surface area contributed by atoms with Crippen molar-refractivity contribution in [3.8, 4) is 0 Å². The fourth-order valence-electron chi connectivity index (χ4n) is 2.01. The summed E-state index contributed by atoms with van der Waals surface area (Å²) in [5.74, 6) is 0. The van der Waals surface area contributed by atoms with E-state index in [-0.39, 0.29) is 11.5 Å². The second kappa shape index (κ2) is 4.88. The van der Waals surface area contributed by atoms with Gasteiger partial charge in [-0.05, 0) is 34.7 Å². The first-order valence-electron chi connectivity index (χ1n) is 5.64. The molecule has 2 N–H and O–H groups in total. The van der Waals surface area contributed by atoms with Crippen molar-refractivity contribution >= 4 is 15.9 Å². The van der Waals surface area contributed by atoms with Gasteiger partial charge >= 0.3 is 0 Å². The van der Waals surface area contributed by atoms with E-state index in [0.717, 1.165) is 23.0 Å². The number of hydrogen-bond acceptors (Lipinski definition) is 2. The molecular weight excluding hydrogens is 266 g/mol. The maximum atomic E-state index is 6.18. The predicted octanol–water partition coefficient (Wildman–Crippen LogP) is 2.80. The van der Waals surface area contributed by atoms with E-state index in [4.69, 9.17) is 5.73 Å². The fourth-order valence-corrected chi connectivity index (χ4v) is 2.51. The smallest absolute Gasteiger partial charge is 0.0738 e. The lowest BCUT2D eigenvalue weighted by Crippen LogP contribution is -2.29. The van der Waals surface area contributed by atoms with Crippen molar-refractivity contribution < 1.29 is 0 Å². The van der Waals surface area contributed by atoms with Crippen molar-refractivity contribution in [3.63, 3.8) is 0 Å². The minimum Gasteiger partial charge on any atom is -0.327 e. The molecule has 0 aliphatic heterocycles. The molecule has 1 aromatic rings. The fraction of sp³-hybridized carbons (Fsp3) is 0.750. The maximum absolute atomic E-state index is 6.18. The van der Waals surface area contributed by atoms with Gasteiger partial charge in [-0.3, -0.25) is 4.68 Å². The van der Waals surface area contributed by atoms with Crippen molar-refractivity contribution in [1.82, 2.24) is 9.78 Å². The van der Waals surface area contributed by atoms with Crippen LogP contribution >= 0.6 is 15.9 Å². The van der Waals surface area contributed by atoms with Crippen LogP contribution in [0.15, 0.2) is 4.47 Å². The number of aromatic nitrogens is 2. The Bertz CT molecular complexity index is 363. The Labute approximate surface area is 107 Å². The van der Waals surface area contributed by atoms with Crippen LogP contribution in [0, 0.1) is 12.3 Å². The minimum absolute atomic E-state index is 0.186.